The Hall–Kier alpha value is -1.29. The molecular formula is C8H10N2O2. The van der Waals surface area contributed by atoms with Crippen LogP contribution in [-0.4, -0.2) is 22.4 Å². The molecule has 1 aromatic rings. The zero-order chi connectivity index (χ0) is 8.81. The molecule has 1 rings (SSSR count). The van der Waals surface area contributed by atoms with Crippen LogP contribution in [0.1, 0.15) is 12.6 Å². The van der Waals surface area contributed by atoms with Crippen molar-refractivity contribution in [2.45, 2.75) is 13.5 Å². The van der Waals surface area contributed by atoms with E-state index in [1.807, 2.05) is 0 Å². The molecule has 0 atom stereocenters. The zero-order valence-corrected chi connectivity index (χ0v) is 6.86. The molecule has 1 aromatic heterocycles. The van der Waals surface area contributed by atoms with E-state index in [2.05, 4.69) is 9.97 Å². The Morgan fingerprint density at radius 2 is 2.50 bits per heavy atom. The minimum atomic E-state index is 0.0176. The van der Waals surface area contributed by atoms with Crippen LogP contribution in [0, 0.1) is 0 Å². The van der Waals surface area contributed by atoms with Crippen LogP contribution in [0.5, 0.6) is 0 Å². The van der Waals surface area contributed by atoms with Gasteiger partial charge in [0.25, 0.3) is 0 Å². The van der Waals surface area contributed by atoms with Gasteiger partial charge in [-0.15, -0.1) is 0 Å². The second-order valence-corrected chi connectivity index (χ2v) is 2.40. The predicted molar refractivity (Wildman–Crippen MR) is 42.4 cm³/mol. The Labute approximate surface area is 70.6 Å². The molecule has 0 saturated carbocycles. The minimum absolute atomic E-state index is 0.0176. The largest absolute Gasteiger partial charge is 0.367 e. The van der Waals surface area contributed by atoms with Gasteiger partial charge in [-0.25, -0.2) is 9.97 Å². The van der Waals surface area contributed by atoms with Gasteiger partial charge >= 0.3 is 0 Å². The van der Waals surface area contributed by atoms with Gasteiger partial charge in [-0.1, -0.05) is 0 Å². The molecule has 4 nitrogen and oxygen atoms in total. The third kappa shape index (κ3) is 3.21. The highest BCUT2D eigenvalue weighted by Gasteiger charge is 1.95. The number of nitrogens with zero attached hydrogens (tertiary/aromatic N) is 2. The van der Waals surface area contributed by atoms with Crippen molar-refractivity contribution in [1.82, 2.24) is 9.97 Å². The third-order valence-electron chi connectivity index (χ3n) is 1.20. The first-order valence-corrected chi connectivity index (χ1v) is 3.61. The van der Waals surface area contributed by atoms with Crippen LogP contribution in [0.15, 0.2) is 18.6 Å². The van der Waals surface area contributed by atoms with E-state index < -0.39 is 0 Å². The lowest BCUT2D eigenvalue weighted by Crippen LogP contribution is -2.04. The summed E-state index contributed by atoms with van der Waals surface area (Å²) in [7, 11) is 0. The number of carbonyl (C=O) groups excluding carboxylic acids is 1. The molecule has 0 N–H and O–H groups in total. The molecule has 0 fully saturated rings. The monoisotopic (exact) mass is 166 g/mol. The van der Waals surface area contributed by atoms with Crippen LogP contribution in [0.25, 0.3) is 0 Å². The predicted octanol–water partition coefficient (Wildman–Crippen LogP) is 0.582. The second-order valence-electron chi connectivity index (χ2n) is 2.40. The topological polar surface area (TPSA) is 52.1 Å². The summed E-state index contributed by atoms with van der Waals surface area (Å²) in [6, 6.07) is 1.75. The van der Waals surface area contributed by atoms with Crippen molar-refractivity contribution >= 4 is 5.78 Å². The van der Waals surface area contributed by atoms with Crippen LogP contribution in [-0.2, 0) is 16.1 Å². The number of ketones is 1. The van der Waals surface area contributed by atoms with Crippen molar-refractivity contribution < 1.29 is 9.53 Å². The van der Waals surface area contributed by atoms with Gasteiger partial charge in [0.1, 0.15) is 12.9 Å². The average molecular weight is 166 g/mol. The molecule has 0 aliphatic carbocycles. The van der Waals surface area contributed by atoms with Crippen molar-refractivity contribution in [2.24, 2.45) is 0 Å². The molecule has 0 aromatic carbocycles. The first-order chi connectivity index (χ1) is 5.79. The molecule has 0 unspecified atom stereocenters. The maximum Gasteiger partial charge on any atom is 0.155 e. The molecule has 12 heavy (non-hydrogen) atoms. The Morgan fingerprint density at radius 3 is 3.08 bits per heavy atom. The van der Waals surface area contributed by atoms with Gasteiger partial charge < -0.3 is 4.74 Å². The number of ether oxygens (including phenoxy) is 1. The maximum atomic E-state index is 10.5. The molecular weight excluding hydrogens is 156 g/mol. The van der Waals surface area contributed by atoms with Gasteiger partial charge in [-0.05, 0) is 13.0 Å². The molecule has 0 aliphatic rings. The highest BCUT2D eigenvalue weighted by atomic mass is 16.5. The van der Waals surface area contributed by atoms with Gasteiger partial charge in [-0.3, -0.25) is 4.79 Å². The summed E-state index contributed by atoms with van der Waals surface area (Å²) >= 11 is 0. The van der Waals surface area contributed by atoms with Crippen molar-refractivity contribution in [1.29, 1.82) is 0 Å². The van der Waals surface area contributed by atoms with Crippen molar-refractivity contribution in [3.63, 3.8) is 0 Å². The van der Waals surface area contributed by atoms with Crippen molar-refractivity contribution in [3.05, 3.63) is 24.3 Å². The number of aromatic nitrogens is 2. The Morgan fingerprint density at radius 1 is 1.67 bits per heavy atom. The normalized spacial score (nSPS) is 9.75. The number of hydrogen-bond donors (Lipinski definition) is 0. The van der Waals surface area contributed by atoms with Crippen LogP contribution in [0.2, 0.25) is 0 Å². The molecule has 64 valence electrons. The smallest absolute Gasteiger partial charge is 0.155 e. The van der Waals surface area contributed by atoms with E-state index in [1.54, 1.807) is 12.3 Å². The summed E-state index contributed by atoms with van der Waals surface area (Å²) in [6.07, 6.45) is 3.09. The van der Waals surface area contributed by atoms with Gasteiger partial charge in [0.2, 0.25) is 0 Å². The Bertz CT molecular complexity index is 248. The van der Waals surface area contributed by atoms with Gasteiger partial charge in [-0.2, -0.15) is 0 Å². The van der Waals surface area contributed by atoms with E-state index in [1.165, 1.54) is 13.3 Å². The fourth-order valence-electron chi connectivity index (χ4n) is 0.703. The highest BCUT2D eigenvalue weighted by molar-refractivity contribution is 5.76. The first kappa shape index (κ1) is 8.80. The molecule has 1 heterocycles. The van der Waals surface area contributed by atoms with E-state index in [9.17, 15) is 4.79 Å². The number of rotatable bonds is 4. The molecule has 0 amide bonds. The van der Waals surface area contributed by atoms with Gasteiger partial charge in [0.15, 0.2) is 5.78 Å². The Kier molecular flexibility index (Phi) is 3.35. The lowest BCUT2D eigenvalue weighted by Gasteiger charge is -1.99. The van der Waals surface area contributed by atoms with Crippen LogP contribution in [0.3, 0.4) is 0 Å². The standard InChI is InChI=1S/C8H10N2O2/c1-7(11)4-12-5-8-2-3-9-6-10-8/h2-3,6H,4-5H2,1H3. The van der Waals surface area contributed by atoms with Gasteiger partial charge in [0.05, 0.1) is 12.3 Å². The fraction of sp³-hybridized carbons (Fsp3) is 0.375. The van der Waals surface area contributed by atoms with E-state index in [0.29, 0.717) is 6.61 Å². The molecule has 4 heteroatoms. The van der Waals surface area contributed by atoms with E-state index >= 15 is 0 Å². The average Bonchev–Trinajstić information content (AvgIpc) is 2.05. The van der Waals surface area contributed by atoms with E-state index in [0.717, 1.165) is 5.69 Å². The SMILES string of the molecule is CC(=O)COCc1ccncn1. The number of carbonyl (C=O) groups is 1. The summed E-state index contributed by atoms with van der Waals surface area (Å²) in [5.41, 5.74) is 0.784. The minimum Gasteiger partial charge on any atom is -0.367 e. The summed E-state index contributed by atoms with van der Waals surface area (Å²) < 4.78 is 5.04. The summed E-state index contributed by atoms with van der Waals surface area (Å²) in [6.45, 7) is 1.99. The zero-order valence-electron chi connectivity index (χ0n) is 6.86. The maximum absolute atomic E-state index is 10.5. The molecule has 0 aliphatic heterocycles. The number of hydrogen-bond acceptors (Lipinski definition) is 4. The second kappa shape index (κ2) is 4.56. The van der Waals surface area contributed by atoms with Crippen molar-refractivity contribution in [2.75, 3.05) is 6.61 Å². The van der Waals surface area contributed by atoms with Crippen LogP contribution >= 0.6 is 0 Å². The summed E-state index contributed by atoms with van der Waals surface area (Å²) in [5.74, 6) is 0.0176. The number of Topliss-reactive ketones (excluding diaryl/α,β-unsaturated/α-hetero) is 1. The summed E-state index contributed by atoms with van der Waals surface area (Å²) in [5, 5.41) is 0. The van der Waals surface area contributed by atoms with E-state index in [4.69, 9.17) is 4.74 Å². The Balaban J connectivity index is 2.29. The highest BCUT2D eigenvalue weighted by Crippen LogP contribution is 1.93. The molecule has 0 radical (unpaired) electrons. The fourth-order valence-corrected chi connectivity index (χ4v) is 0.703. The first-order valence-electron chi connectivity index (χ1n) is 3.61. The molecule has 0 saturated heterocycles. The van der Waals surface area contributed by atoms with Crippen molar-refractivity contribution in [3.8, 4) is 0 Å². The molecule has 0 bridgehead atoms. The quantitative estimate of drug-likeness (QED) is 0.656. The summed E-state index contributed by atoms with van der Waals surface area (Å²) in [4.78, 5) is 18.2. The van der Waals surface area contributed by atoms with E-state index in [-0.39, 0.29) is 12.4 Å². The lowest BCUT2D eigenvalue weighted by molar-refractivity contribution is -0.121. The molecule has 0 spiro atoms. The van der Waals surface area contributed by atoms with Crippen LogP contribution < -0.4 is 0 Å². The lowest BCUT2D eigenvalue weighted by atomic mass is 10.4. The van der Waals surface area contributed by atoms with Gasteiger partial charge in [0, 0.05) is 6.20 Å². The third-order valence-corrected chi connectivity index (χ3v) is 1.20. The van der Waals surface area contributed by atoms with Crippen LogP contribution in [0.4, 0.5) is 0 Å².